The fraction of sp³-hybridized carbons (Fsp3) is 0.444. The van der Waals surface area contributed by atoms with Gasteiger partial charge in [0.1, 0.15) is 5.69 Å². The van der Waals surface area contributed by atoms with Gasteiger partial charge in [-0.15, -0.1) is 0 Å². The van der Waals surface area contributed by atoms with Gasteiger partial charge in [-0.2, -0.15) is 5.10 Å². The number of nitrogens with one attached hydrogen (secondary N) is 1. The number of rotatable bonds is 5. The van der Waals surface area contributed by atoms with E-state index in [1.54, 1.807) is 0 Å². The summed E-state index contributed by atoms with van der Waals surface area (Å²) >= 11 is 0. The first kappa shape index (κ1) is 12.3. The summed E-state index contributed by atoms with van der Waals surface area (Å²) in [5, 5.41) is 23.2. The number of H-pyrrole nitrogens is 1. The molecule has 0 saturated carbocycles. The molecule has 1 rings (SSSR count). The van der Waals surface area contributed by atoms with Crippen LogP contribution in [-0.2, 0) is 0 Å². The van der Waals surface area contributed by atoms with E-state index < -0.39 is 11.5 Å². The zero-order chi connectivity index (χ0) is 12.0. The lowest BCUT2D eigenvalue weighted by Crippen LogP contribution is -2.36. The lowest BCUT2D eigenvalue weighted by atomic mass is 10.3. The second-order valence-electron chi connectivity index (χ2n) is 3.05. The quantitative estimate of drug-likeness (QED) is 0.550. The van der Waals surface area contributed by atoms with E-state index in [0.717, 1.165) is 0 Å². The van der Waals surface area contributed by atoms with Crippen LogP contribution in [0.1, 0.15) is 10.5 Å². The molecule has 0 atom stereocenters. The Morgan fingerprint density at radius 1 is 1.31 bits per heavy atom. The standard InChI is InChI=1S/C9H13N3O4/c13-5-3-12(4-6-14)9(16)7-1-2-8(15)11-10-7/h1-2,13-14H,3-6H2,(H,11,15). The van der Waals surface area contributed by atoms with Crippen LogP contribution in [0.25, 0.3) is 0 Å². The van der Waals surface area contributed by atoms with E-state index in [2.05, 4.69) is 10.2 Å². The van der Waals surface area contributed by atoms with Crippen LogP contribution in [0, 0.1) is 0 Å². The first-order valence-corrected chi connectivity index (χ1v) is 4.75. The Balaban J connectivity index is 2.81. The van der Waals surface area contributed by atoms with Crippen molar-refractivity contribution in [2.75, 3.05) is 26.3 Å². The van der Waals surface area contributed by atoms with Gasteiger partial charge in [-0.25, -0.2) is 5.10 Å². The van der Waals surface area contributed by atoms with Crippen LogP contribution >= 0.6 is 0 Å². The van der Waals surface area contributed by atoms with Gasteiger partial charge in [0.25, 0.3) is 11.5 Å². The molecule has 0 aliphatic heterocycles. The zero-order valence-corrected chi connectivity index (χ0v) is 8.59. The molecule has 0 radical (unpaired) electrons. The van der Waals surface area contributed by atoms with Crippen molar-refractivity contribution in [3.05, 3.63) is 28.2 Å². The fourth-order valence-corrected chi connectivity index (χ4v) is 1.18. The Bertz CT molecular complexity index is 377. The van der Waals surface area contributed by atoms with E-state index in [4.69, 9.17) is 10.2 Å². The second-order valence-corrected chi connectivity index (χ2v) is 3.05. The molecular formula is C9H13N3O4. The lowest BCUT2D eigenvalue weighted by molar-refractivity contribution is 0.0677. The minimum absolute atomic E-state index is 0.0708. The molecule has 1 aromatic heterocycles. The molecule has 0 aromatic carbocycles. The van der Waals surface area contributed by atoms with Gasteiger partial charge in [0.15, 0.2) is 0 Å². The third kappa shape index (κ3) is 3.14. The van der Waals surface area contributed by atoms with E-state index in [0.29, 0.717) is 0 Å². The maximum atomic E-state index is 11.8. The van der Waals surface area contributed by atoms with Gasteiger partial charge in [0.2, 0.25) is 0 Å². The number of aliphatic hydroxyl groups is 2. The second kappa shape index (κ2) is 5.99. The molecule has 3 N–H and O–H groups in total. The highest BCUT2D eigenvalue weighted by molar-refractivity contribution is 5.92. The Labute approximate surface area is 91.3 Å². The molecule has 0 saturated heterocycles. The minimum atomic E-state index is -0.445. The molecule has 16 heavy (non-hydrogen) atoms. The number of hydrogen-bond donors (Lipinski definition) is 3. The van der Waals surface area contributed by atoms with Gasteiger partial charge in [-0.1, -0.05) is 0 Å². The highest BCUT2D eigenvalue weighted by Crippen LogP contribution is 1.98. The van der Waals surface area contributed by atoms with Crippen LogP contribution in [0.15, 0.2) is 16.9 Å². The third-order valence-corrected chi connectivity index (χ3v) is 1.93. The zero-order valence-electron chi connectivity index (χ0n) is 8.59. The molecule has 0 unspecified atom stereocenters. The maximum Gasteiger partial charge on any atom is 0.274 e. The Morgan fingerprint density at radius 2 is 1.94 bits per heavy atom. The molecule has 88 valence electrons. The molecule has 1 heterocycles. The van der Waals surface area contributed by atoms with Gasteiger partial charge in [-0.3, -0.25) is 9.59 Å². The lowest BCUT2D eigenvalue weighted by Gasteiger charge is -2.19. The van der Waals surface area contributed by atoms with Gasteiger partial charge in [0.05, 0.1) is 13.2 Å². The summed E-state index contributed by atoms with van der Waals surface area (Å²) in [6, 6.07) is 2.49. The van der Waals surface area contributed by atoms with Gasteiger partial charge >= 0.3 is 0 Å². The topological polar surface area (TPSA) is 107 Å². The number of carbonyl (C=O) groups excluding carboxylic acids is 1. The maximum absolute atomic E-state index is 11.8. The van der Waals surface area contributed by atoms with Crippen LogP contribution < -0.4 is 5.56 Å². The summed E-state index contributed by atoms with van der Waals surface area (Å²) in [4.78, 5) is 23.7. The average molecular weight is 227 g/mol. The van der Waals surface area contributed by atoms with Crippen molar-refractivity contribution in [2.45, 2.75) is 0 Å². The smallest absolute Gasteiger partial charge is 0.274 e. The summed E-state index contributed by atoms with van der Waals surface area (Å²) < 4.78 is 0. The number of aliphatic hydroxyl groups excluding tert-OH is 2. The van der Waals surface area contributed by atoms with Crippen molar-refractivity contribution in [3.63, 3.8) is 0 Å². The van der Waals surface area contributed by atoms with Crippen LogP contribution in [0.5, 0.6) is 0 Å². The number of hydrogen-bond acceptors (Lipinski definition) is 5. The summed E-state index contributed by atoms with van der Waals surface area (Å²) in [5.41, 5.74) is -0.325. The number of nitrogens with zero attached hydrogens (tertiary/aromatic N) is 2. The molecule has 0 spiro atoms. The van der Waals surface area contributed by atoms with Crippen molar-refractivity contribution in [1.82, 2.24) is 15.1 Å². The highest BCUT2D eigenvalue weighted by atomic mass is 16.3. The Hall–Kier alpha value is -1.73. The van der Waals surface area contributed by atoms with Gasteiger partial charge < -0.3 is 15.1 Å². The Morgan fingerprint density at radius 3 is 2.38 bits per heavy atom. The van der Waals surface area contributed by atoms with Crippen molar-refractivity contribution in [3.8, 4) is 0 Å². The molecule has 1 aromatic rings. The predicted octanol–water partition coefficient (Wildman–Crippen LogP) is -1.80. The SMILES string of the molecule is O=C(c1ccc(=O)[nH]n1)N(CCO)CCO. The predicted molar refractivity (Wildman–Crippen MR) is 54.9 cm³/mol. The molecule has 1 amide bonds. The number of amides is 1. The highest BCUT2D eigenvalue weighted by Gasteiger charge is 2.15. The van der Waals surface area contributed by atoms with Crippen LogP contribution in [0.2, 0.25) is 0 Å². The number of carbonyl (C=O) groups is 1. The minimum Gasteiger partial charge on any atom is -0.395 e. The molecule has 0 aliphatic carbocycles. The van der Waals surface area contributed by atoms with E-state index in [-0.39, 0.29) is 32.0 Å². The van der Waals surface area contributed by atoms with E-state index in [1.807, 2.05) is 0 Å². The van der Waals surface area contributed by atoms with E-state index >= 15 is 0 Å². The normalized spacial score (nSPS) is 10.1. The summed E-state index contributed by atoms with van der Waals surface area (Å²) in [5.74, 6) is -0.445. The van der Waals surface area contributed by atoms with Crippen LogP contribution in [0.4, 0.5) is 0 Å². The summed E-state index contributed by atoms with van der Waals surface area (Å²) in [6.07, 6.45) is 0. The van der Waals surface area contributed by atoms with Gasteiger partial charge in [0, 0.05) is 19.2 Å². The van der Waals surface area contributed by atoms with E-state index in [1.165, 1.54) is 17.0 Å². The van der Waals surface area contributed by atoms with Crippen molar-refractivity contribution in [2.24, 2.45) is 0 Å². The van der Waals surface area contributed by atoms with Crippen molar-refractivity contribution in [1.29, 1.82) is 0 Å². The first-order valence-electron chi connectivity index (χ1n) is 4.75. The summed E-state index contributed by atoms with van der Waals surface area (Å²) in [7, 11) is 0. The van der Waals surface area contributed by atoms with Crippen molar-refractivity contribution < 1.29 is 15.0 Å². The molecular weight excluding hydrogens is 214 g/mol. The Kier molecular flexibility index (Phi) is 4.62. The monoisotopic (exact) mass is 227 g/mol. The van der Waals surface area contributed by atoms with Crippen LogP contribution in [0.3, 0.4) is 0 Å². The molecule has 7 heteroatoms. The fourth-order valence-electron chi connectivity index (χ4n) is 1.18. The third-order valence-electron chi connectivity index (χ3n) is 1.93. The molecule has 0 bridgehead atoms. The number of aromatic amines is 1. The van der Waals surface area contributed by atoms with E-state index in [9.17, 15) is 9.59 Å². The largest absolute Gasteiger partial charge is 0.395 e. The number of aromatic nitrogens is 2. The summed E-state index contributed by atoms with van der Waals surface area (Å²) in [6.45, 7) is -0.176. The van der Waals surface area contributed by atoms with Crippen LogP contribution in [-0.4, -0.2) is 57.5 Å². The first-order chi connectivity index (χ1) is 7.69. The molecule has 7 nitrogen and oxygen atoms in total. The van der Waals surface area contributed by atoms with Crippen molar-refractivity contribution >= 4 is 5.91 Å². The average Bonchev–Trinajstić information content (AvgIpc) is 2.29. The van der Waals surface area contributed by atoms with Gasteiger partial charge in [-0.05, 0) is 6.07 Å². The molecule has 0 aliphatic rings. The molecule has 0 fully saturated rings.